The van der Waals surface area contributed by atoms with Crippen molar-refractivity contribution in [3.05, 3.63) is 59.9 Å². The summed E-state index contributed by atoms with van der Waals surface area (Å²) in [7, 11) is 0. The van der Waals surface area contributed by atoms with Crippen molar-refractivity contribution in [1.29, 1.82) is 0 Å². The molecule has 0 saturated heterocycles. The fourth-order valence-corrected chi connectivity index (χ4v) is 1.69. The van der Waals surface area contributed by atoms with E-state index in [2.05, 4.69) is 24.0 Å². The predicted octanol–water partition coefficient (Wildman–Crippen LogP) is 3.61. The van der Waals surface area contributed by atoms with Crippen LogP contribution in [0.25, 0.3) is 0 Å². The van der Waals surface area contributed by atoms with Gasteiger partial charge in [0.05, 0.1) is 0 Å². The molecule has 0 aliphatic heterocycles. The van der Waals surface area contributed by atoms with Crippen LogP contribution in [-0.4, -0.2) is 4.98 Å². The molecule has 0 fully saturated rings. The van der Waals surface area contributed by atoms with Crippen LogP contribution in [-0.2, 0) is 13.0 Å². The van der Waals surface area contributed by atoms with Crippen LogP contribution >= 0.6 is 0 Å². The molecule has 0 atom stereocenters. The topological polar surface area (TPSA) is 22.1 Å². The lowest BCUT2D eigenvalue weighted by molar-refractivity contribution is 0.306. The Morgan fingerprint density at radius 3 is 2.29 bits per heavy atom. The fraction of sp³-hybridized carbons (Fsp3) is 0.267. The molecule has 2 rings (SSSR count). The first-order valence-electron chi connectivity index (χ1n) is 5.99. The number of aryl methyl sites for hydroxylation is 1. The Labute approximate surface area is 102 Å². The normalized spacial score (nSPS) is 10.2. The summed E-state index contributed by atoms with van der Waals surface area (Å²) in [5.74, 6) is 0.918. The molecule has 0 bridgehead atoms. The lowest BCUT2D eigenvalue weighted by Crippen LogP contribution is -1.95. The third kappa shape index (κ3) is 3.59. The van der Waals surface area contributed by atoms with Gasteiger partial charge in [0.2, 0.25) is 0 Å². The highest BCUT2D eigenvalue weighted by atomic mass is 16.5. The minimum atomic E-state index is 0.593. The van der Waals surface area contributed by atoms with Crippen molar-refractivity contribution >= 4 is 0 Å². The molecule has 2 aromatic rings. The summed E-state index contributed by atoms with van der Waals surface area (Å²) in [6.45, 7) is 2.78. The first kappa shape index (κ1) is 11.6. The number of hydrogen-bond acceptors (Lipinski definition) is 2. The standard InChI is InChI=1S/C15H17NO/c1-2-3-13-4-6-15(7-5-13)17-12-14-8-10-16-11-9-14/h4-11H,2-3,12H2,1H3. The molecular formula is C15H17NO. The maximum absolute atomic E-state index is 5.70. The molecule has 0 aliphatic carbocycles. The Morgan fingerprint density at radius 2 is 1.65 bits per heavy atom. The number of pyridine rings is 1. The van der Waals surface area contributed by atoms with Crippen molar-refractivity contribution in [2.24, 2.45) is 0 Å². The summed E-state index contributed by atoms with van der Waals surface area (Å²) < 4.78 is 5.70. The molecule has 0 unspecified atom stereocenters. The van der Waals surface area contributed by atoms with E-state index in [1.807, 2.05) is 24.3 Å². The van der Waals surface area contributed by atoms with Gasteiger partial charge in [0, 0.05) is 12.4 Å². The van der Waals surface area contributed by atoms with Gasteiger partial charge < -0.3 is 4.74 Å². The second-order valence-corrected chi connectivity index (χ2v) is 4.04. The van der Waals surface area contributed by atoms with Gasteiger partial charge in [0.1, 0.15) is 12.4 Å². The number of rotatable bonds is 5. The summed E-state index contributed by atoms with van der Waals surface area (Å²) in [5.41, 5.74) is 2.50. The largest absolute Gasteiger partial charge is 0.489 e. The van der Waals surface area contributed by atoms with Gasteiger partial charge in [0.15, 0.2) is 0 Å². The van der Waals surface area contributed by atoms with Gasteiger partial charge in [-0.15, -0.1) is 0 Å². The van der Waals surface area contributed by atoms with Crippen molar-refractivity contribution in [3.63, 3.8) is 0 Å². The quantitative estimate of drug-likeness (QED) is 0.778. The molecule has 88 valence electrons. The zero-order chi connectivity index (χ0) is 11.9. The van der Waals surface area contributed by atoms with E-state index in [0.717, 1.165) is 17.7 Å². The van der Waals surface area contributed by atoms with Crippen LogP contribution in [0.2, 0.25) is 0 Å². The minimum absolute atomic E-state index is 0.593. The predicted molar refractivity (Wildman–Crippen MR) is 69.0 cm³/mol. The van der Waals surface area contributed by atoms with Crippen molar-refractivity contribution < 1.29 is 4.74 Å². The van der Waals surface area contributed by atoms with E-state index in [4.69, 9.17) is 4.74 Å². The smallest absolute Gasteiger partial charge is 0.119 e. The highest BCUT2D eigenvalue weighted by Crippen LogP contribution is 2.14. The van der Waals surface area contributed by atoms with Gasteiger partial charge in [-0.25, -0.2) is 0 Å². The molecule has 0 spiro atoms. The van der Waals surface area contributed by atoms with Crippen molar-refractivity contribution in [2.45, 2.75) is 26.4 Å². The second kappa shape index (κ2) is 6.04. The van der Waals surface area contributed by atoms with Crippen LogP contribution in [0, 0.1) is 0 Å². The zero-order valence-electron chi connectivity index (χ0n) is 10.1. The maximum Gasteiger partial charge on any atom is 0.119 e. The van der Waals surface area contributed by atoms with Crippen LogP contribution in [0.15, 0.2) is 48.8 Å². The Hall–Kier alpha value is -1.83. The summed E-state index contributed by atoms with van der Waals surface area (Å²) in [4.78, 5) is 3.98. The molecule has 1 aromatic heterocycles. The number of aromatic nitrogens is 1. The number of ether oxygens (including phenoxy) is 1. The summed E-state index contributed by atoms with van der Waals surface area (Å²) in [6.07, 6.45) is 5.87. The second-order valence-electron chi connectivity index (χ2n) is 4.04. The molecule has 1 heterocycles. The van der Waals surface area contributed by atoms with Gasteiger partial charge in [-0.1, -0.05) is 25.5 Å². The van der Waals surface area contributed by atoms with Gasteiger partial charge in [0.25, 0.3) is 0 Å². The molecule has 0 amide bonds. The van der Waals surface area contributed by atoms with Crippen LogP contribution in [0.5, 0.6) is 5.75 Å². The van der Waals surface area contributed by atoms with Crippen LogP contribution < -0.4 is 4.74 Å². The average Bonchev–Trinajstić information content (AvgIpc) is 2.40. The van der Waals surface area contributed by atoms with Gasteiger partial charge >= 0.3 is 0 Å². The zero-order valence-corrected chi connectivity index (χ0v) is 10.1. The first-order chi connectivity index (χ1) is 8.38. The SMILES string of the molecule is CCCc1ccc(OCc2ccncc2)cc1. The third-order valence-corrected chi connectivity index (χ3v) is 2.62. The van der Waals surface area contributed by atoms with Gasteiger partial charge in [-0.05, 0) is 41.8 Å². The van der Waals surface area contributed by atoms with Crippen LogP contribution in [0.3, 0.4) is 0 Å². The molecule has 1 aromatic carbocycles. The molecular weight excluding hydrogens is 210 g/mol. The van der Waals surface area contributed by atoms with Crippen molar-refractivity contribution in [3.8, 4) is 5.75 Å². The highest BCUT2D eigenvalue weighted by molar-refractivity contribution is 5.27. The van der Waals surface area contributed by atoms with Crippen molar-refractivity contribution in [2.75, 3.05) is 0 Å². The molecule has 0 radical (unpaired) electrons. The van der Waals surface area contributed by atoms with Gasteiger partial charge in [-0.2, -0.15) is 0 Å². The molecule has 0 N–H and O–H groups in total. The Morgan fingerprint density at radius 1 is 0.941 bits per heavy atom. The van der Waals surface area contributed by atoms with Gasteiger partial charge in [-0.3, -0.25) is 4.98 Å². The summed E-state index contributed by atoms with van der Waals surface area (Å²) in [6, 6.07) is 12.3. The Balaban J connectivity index is 1.91. The highest BCUT2D eigenvalue weighted by Gasteiger charge is 1.96. The molecule has 2 heteroatoms. The van der Waals surface area contributed by atoms with Crippen LogP contribution in [0.1, 0.15) is 24.5 Å². The lowest BCUT2D eigenvalue weighted by atomic mass is 10.1. The van der Waals surface area contributed by atoms with E-state index < -0.39 is 0 Å². The first-order valence-corrected chi connectivity index (χ1v) is 5.99. The Bertz CT molecular complexity index is 436. The molecule has 0 saturated carbocycles. The Kier molecular flexibility index (Phi) is 4.14. The number of nitrogens with zero attached hydrogens (tertiary/aromatic N) is 1. The van der Waals surface area contributed by atoms with E-state index in [1.165, 1.54) is 12.0 Å². The summed E-state index contributed by atoms with van der Waals surface area (Å²) >= 11 is 0. The van der Waals surface area contributed by atoms with E-state index in [-0.39, 0.29) is 0 Å². The molecule has 0 aliphatic rings. The monoisotopic (exact) mass is 227 g/mol. The lowest BCUT2D eigenvalue weighted by Gasteiger charge is -2.06. The number of benzene rings is 1. The third-order valence-electron chi connectivity index (χ3n) is 2.62. The summed E-state index contributed by atoms with van der Waals surface area (Å²) in [5, 5.41) is 0. The van der Waals surface area contributed by atoms with Crippen LogP contribution in [0.4, 0.5) is 0 Å². The van der Waals surface area contributed by atoms with E-state index in [0.29, 0.717) is 6.61 Å². The van der Waals surface area contributed by atoms with E-state index in [1.54, 1.807) is 12.4 Å². The average molecular weight is 227 g/mol. The fourth-order valence-electron chi connectivity index (χ4n) is 1.69. The minimum Gasteiger partial charge on any atom is -0.489 e. The molecule has 2 nitrogen and oxygen atoms in total. The van der Waals surface area contributed by atoms with E-state index >= 15 is 0 Å². The molecule has 17 heavy (non-hydrogen) atoms. The van der Waals surface area contributed by atoms with Crippen molar-refractivity contribution in [1.82, 2.24) is 4.98 Å². The van der Waals surface area contributed by atoms with E-state index in [9.17, 15) is 0 Å². The maximum atomic E-state index is 5.70. The number of hydrogen-bond donors (Lipinski definition) is 0.